The first-order valence-corrected chi connectivity index (χ1v) is 14.7. The van der Waals surface area contributed by atoms with Crippen molar-refractivity contribution in [3.05, 3.63) is 59.4 Å². The number of hydrogen-bond donors (Lipinski definition) is 2. The number of carbonyl (C=O) groups is 1. The van der Waals surface area contributed by atoms with Gasteiger partial charge in [-0.25, -0.2) is 4.79 Å². The molecule has 2 saturated heterocycles. The minimum Gasteiger partial charge on any atom is -0.493 e. The number of piperidine rings is 1. The van der Waals surface area contributed by atoms with E-state index in [1.165, 1.54) is 12.8 Å². The SMILES string of the molecule is COc1cc2c(Oc3ccc(NC(=O)Nc4cc(C)on4)c(Cl)c3)ccnc2cc1OCCCN1CCC2(CC1)COC2. The van der Waals surface area contributed by atoms with E-state index in [0.717, 1.165) is 44.7 Å². The maximum atomic E-state index is 12.3. The van der Waals surface area contributed by atoms with Gasteiger partial charge in [-0.05, 0) is 63.5 Å². The molecule has 2 aromatic carbocycles. The van der Waals surface area contributed by atoms with E-state index in [0.29, 0.717) is 62.8 Å². The van der Waals surface area contributed by atoms with Crippen LogP contribution in [0.5, 0.6) is 23.0 Å². The van der Waals surface area contributed by atoms with Crippen LogP contribution in [0.1, 0.15) is 25.0 Å². The zero-order chi connectivity index (χ0) is 29.8. The minimum atomic E-state index is -0.502. The second-order valence-corrected chi connectivity index (χ2v) is 11.4. The number of nitrogens with zero attached hydrogens (tertiary/aromatic N) is 3. The minimum absolute atomic E-state index is 0.301. The molecule has 2 amide bonds. The van der Waals surface area contributed by atoms with Crippen molar-refractivity contribution in [3.8, 4) is 23.0 Å². The van der Waals surface area contributed by atoms with Crippen molar-refractivity contribution in [1.29, 1.82) is 0 Å². The Balaban J connectivity index is 1.07. The highest BCUT2D eigenvalue weighted by Gasteiger charge is 2.40. The van der Waals surface area contributed by atoms with Crippen molar-refractivity contribution in [2.24, 2.45) is 5.41 Å². The first kappa shape index (κ1) is 29.0. The number of ether oxygens (including phenoxy) is 4. The number of urea groups is 1. The largest absolute Gasteiger partial charge is 0.493 e. The monoisotopic (exact) mass is 607 g/mol. The van der Waals surface area contributed by atoms with Crippen molar-refractivity contribution in [2.45, 2.75) is 26.2 Å². The molecule has 2 N–H and O–H groups in total. The van der Waals surface area contributed by atoms with Crippen molar-refractivity contribution in [2.75, 3.05) is 57.2 Å². The Morgan fingerprint density at radius 3 is 2.60 bits per heavy atom. The van der Waals surface area contributed by atoms with Crippen LogP contribution in [0.2, 0.25) is 5.02 Å². The van der Waals surface area contributed by atoms with Crippen molar-refractivity contribution in [1.82, 2.24) is 15.0 Å². The van der Waals surface area contributed by atoms with Gasteiger partial charge in [0.25, 0.3) is 0 Å². The predicted molar refractivity (Wildman–Crippen MR) is 163 cm³/mol. The fraction of sp³-hybridized carbons (Fsp3) is 0.387. The average Bonchev–Trinajstić information content (AvgIpc) is 3.40. The van der Waals surface area contributed by atoms with Gasteiger partial charge in [0.05, 0.1) is 43.2 Å². The van der Waals surface area contributed by atoms with Gasteiger partial charge in [0.2, 0.25) is 0 Å². The number of nitrogens with one attached hydrogen (secondary N) is 2. The zero-order valence-electron chi connectivity index (χ0n) is 24.2. The summed E-state index contributed by atoms with van der Waals surface area (Å²) in [6.07, 6.45) is 5.04. The number of hydrogen-bond acceptors (Lipinski definition) is 9. The molecule has 11 nitrogen and oxygen atoms in total. The molecule has 12 heteroatoms. The summed E-state index contributed by atoms with van der Waals surface area (Å²) in [5.41, 5.74) is 1.57. The smallest absolute Gasteiger partial charge is 0.324 e. The Bertz CT molecular complexity index is 1600. The van der Waals surface area contributed by atoms with Crippen LogP contribution in [0, 0.1) is 12.3 Å². The second kappa shape index (κ2) is 12.7. The van der Waals surface area contributed by atoms with Gasteiger partial charge < -0.3 is 33.7 Å². The lowest BCUT2D eigenvalue weighted by atomic mass is 9.77. The zero-order valence-corrected chi connectivity index (χ0v) is 24.9. The third-order valence-electron chi connectivity index (χ3n) is 7.88. The molecule has 2 aliphatic heterocycles. The lowest BCUT2D eigenvalue weighted by Gasteiger charge is -2.47. The lowest BCUT2D eigenvalue weighted by Crippen LogP contribution is -2.51. The number of methoxy groups -OCH3 is 1. The molecular formula is C31H34ClN5O6. The number of aryl methyl sites for hydroxylation is 1. The van der Waals surface area contributed by atoms with Crippen molar-refractivity contribution in [3.63, 3.8) is 0 Å². The van der Waals surface area contributed by atoms with Gasteiger partial charge in [-0.1, -0.05) is 16.8 Å². The van der Waals surface area contributed by atoms with Crippen molar-refractivity contribution >= 4 is 40.0 Å². The third kappa shape index (κ3) is 6.79. The van der Waals surface area contributed by atoms with Gasteiger partial charge >= 0.3 is 6.03 Å². The fourth-order valence-electron chi connectivity index (χ4n) is 5.37. The Morgan fingerprint density at radius 1 is 1.07 bits per heavy atom. The molecule has 2 aliphatic rings. The number of benzene rings is 2. The summed E-state index contributed by atoms with van der Waals surface area (Å²) < 4.78 is 28.4. The third-order valence-corrected chi connectivity index (χ3v) is 8.20. The van der Waals surface area contributed by atoms with Crippen LogP contribution in [0.4, 0.5) is 16.3 Å². The number of rotatable bonds is 10. The highest BCUT2D eigenvalue weighted by atomic mass is 35.5. The number of fused-ring (bicyclic) bond motifs is 1. The van der Waals surface area contributed by atoms with Gasteiger partial charge in [0.15, 0.2) is 17.3 Å². The molecule has 0 radical (unpaired) electrons. The average molecular weight is 608 g/mol. The van der Waals surface area contributed by atoms with E-state index < -0.39 is 6.03 Å². The molecule has 0 unspecified atom stereocenters. The van der Waals surface area contributed by atoms with Gasteiger partial charge in [0.1, 0.15) is 17.3 Å². The molecular weight excluding hydrogens is 574 g/mol. The molecule has 0 saturated carbocycles. The summed E-state index contributed by atoms with van der Waals surface area (Å²) in [6.45, 7) is 7.42. The summed E-state index contributed by atoms with van der Waals surface area (Å²) >= 11 is 6.45. The van der Waals surface area contributed by atoms with E-state index in [1.54, 1.807) is 50.6 Å². The Kier molecular flexibility index (Phi) is 8.55. The van der Waals surface area contributed by atoms with Crippen molar-refractivity contribution < 1.29 is 28.3 Å². The summed E-state index contributed by atoms with van der Waals surface area (Å²) in [6, 6.07) is 11.6. The van der Waals surface area contributed by atoms with Crippen LogP contribution in [0.3, 0.4) is 0 Å². The van der Waals surface area contributed by atoms with E-state index in [9.17, 15) is 4.79 Å². The van der Waals surface area contributed by atoms with Gasteiger partial charge in [-0.2, -0.15) is 0 Å². The van der Waals surface area contributed by atoms with Gasteiger partial charge in [-0.3, -0.25) is 10.3 Å². The maximum Gasteiger partial charge on any atom is 0.324 e. The molecule has 0 atom stereocenters. The van der Waals surface area contributed by atoms with Crippen LogP contribution in [-0.2, 0) is 4.74 Å². The van der Waals surface area contributed by atoms with E-state index in [-0.39, 0.29) is 0 Å². The number of anilines is 2. The molecule has 43 heavy (non-hydrogen) atoms. The van der Waals surface area contributed by atoms with Crippen LogP contribution < -0.4 is 24.8 Å². The Hall–Kier alpha value is -4.06. The molecule has 0 aliphatic carbocycles. The van der Waals surface area contributed by atoms with Crippen LogP contribution >= 0.6 is 11.6 Å². The highest BCUT2D eigenvalue weighted by molar-refractivity contribution is 6.34. The van der Waals surface area contributed by atoms with Crippen LogP contribution in [-0.4, -0.2) is 67.6 Å². The molecule has 2 fully saturated rings. The topological polar surface area (TPSA) is 120 Å². The molecule has 2 aromatic heterocycles. The van der Waals surface area contributed by atoms with E-state index in [4.69, 9.17) is 35.1 Å². The first-order chi connectivity index (χ1) is 20.9. The van der Waals surface area contributed by atoms with E-state index in [1.807, 2.05) is 12.1 Å². The summed E-state index contributed by atoms with van der Waals surface area (Å²) in [5, 5.41) is 10.1. The van der Waals surface area contributed by atoms with Crippen LogP contribution in [0.15, 0.2) is 53.2 Å². The number of aromatic nitrogens is 2. The molecule has 4 heterocycles. The predicted octanol–water partition coefficient (Wildman–Crippen LogP) is 6.51. The maximum absolute atomic E-state index is 12.3. The Labute approximate surface area is 254 Å². The summed E-state index contributed by atoms with van der Waals surface area (Å²) in [7, 11) is 1.62. The van der Waals surface area contributed by atoms with Gasteiger partial charge in [0, 0.05) is 41.7 Å². The normalized spacial score (nSPS) is 16.1. The van der Waals surface area contributed by atoms with Crippen LogP contribution in [0.25, 0.3) is 10.9 Å². The standard InChI is InChI=1S/C31H34ClN5O6/c1-20-14-29(36-43-20)35-30(38)34-24-5-4-21(15-23(24)32)42-26-6-9-33-25-17-28(27(39-2)16-22(25)26)41-13-3-10-37-11-7-31(8-12-37)18-40-19-31/h4-6,9,14-17H,3,7-8,10-13,18-19H2,1-2H3,(H2,34,35,36,38). The highest BCUT2D eigenvalue weighted by Crippen LogP contribution is 2.39. The number of carbonyl (C=O) groups excluding carboxylic acids is 1. The molecule has 0 bridgehead atoms. The quantitative estimate of drug-likeness (QED) is 0.194. The summed E-state index contributed by atoms with van der Waals surface area (Å²) in [5.74, 6) is 3.19. The van der Waals surface area contributed by atoms with E-state index in [2.05, 4.69) is 25.7 Å². The number of amides is 2. The first-order valence-electron chi connectivity index (χ1n) is 14.3. The Morgan fingerprint density at radius 2 is 1.91 bits per heavy atom. The summed E-state index contributed by atoms with van der Waals surface area (Å²) in [4.78, 5) is 19.3. The molecule has 4 aromatic rings. The number of pyridine rings is 1. The number of halogens is 1. The molecule has 6 rings (SSSR count). The molecule has 226 valence electrons. The van der Waals surface area contributed by atoms with E-state index >= 15 is 0 Å². The van der Waals surface area contributed by atoms with Gasteiger partial charge in [-0.15, -0.1) is 0 Å². The second-order valence-electron chi connectivity index (χ2n) is 11.0. The lowest BCUT2D eigenvalue weighted by molar-refractivity contribution is -0.139. The molecule has 1 spiro atoms. The fourth-order valence-corrected chi connectivity index (χ4v) is 5.59. The number of likely N-dealkylation sites (tertiary alicyclic amines) is 1.